The lowest BCUT2D eigenvalue weighted by molar-refractivity contribution is 0.115. The first kappa shape index (κ1) is 22.4. The van der Waals surface area contributed by atoms with Crippen molar-refractivity contribution >= 4 is 16.1 Å². The van der Waals surface area contributed by atoms with Crippen LogP contribution in [0.4, 0.5) is 0 Å². The monoisotopic (exact) mass is 362 g/mol. The molecule has 0 atom stereocenters. The van der Waals surface area contributed by atoms with Gasteiger partial charge in [-0.05, 0) is 30.4 Å². The third-order valence-corrected chi connectivity index (χ3v) is 3.28. The molecule has 10 heteroatoms. The highest BCUT2D eigenvalue weighted by Crippen LogP contribution is 2.13. The van der Waals surface area contributed by atoms with E-state index in [0.29, 0.717) is 25.0 Å². The van der Waals surface area contributed by atoms with Crippen molar-refractivity contribution in [2.45, 2.75) is 31.7 Å². The van der Waals surface area contributed by atoms with Crippen molar-refractivity contribution in [3.8, 4) is 0 Å². The molecule has 0 aliphatic carbocycles. The van der Waals surface area contributed by atoms with E-state index in [-0.39, 0.29) is 13.2 Å². The number of oxime groups is 1. The summed E-state index contributed by atoms with van der Waals surface area (Å²) in [4.78, 5) is 0. The fourth-order valence-corrected chi connectivity index (χ4v) is 1.80. The van der Waals surface area contributed by atoms with Crippen molar-refractivity contribution in [2.75, 3.05) is 13.2 Å². The Bertz CT molecular complexity index is 603. The van der Waals surface area contributed by atoms with Gasteiger partial charge in [-0.25, -0.2) is 0 Å². The van der Waals surface area contributed by atoms with Gasteiger partial charge in [0, 0.05) is 10.4 Å². The van der Waals surface area contributed by atoms with E-state index in [2.05, 4.69) is 5.16 Å². The number of hydrogen-bond donors (Lipinski definition) is 4. The van der Waals surface area contributed by atoms with Gasteiger partial charge in [-0.3, -0.25) is 8.42 Å². The first-order valence-electron chi connectivity index (χ1n) is 7.06. The lowest BCUT2D eigenvalue weighted by Crippen LogP contribution is -2.47. The molecule has 1 aromatic rings. The number of hydrogen-bond acceptors (Lipinski definition) is 9. The molecule has 1 aromatic carbocycles. The van der Waals surface area contributed by atoms with Crippen molar-refractivity contribution in [1.82, 2.24) is 0 Å². The lowest BCUT2D eigenvalue weighted by atomic mass is 9.93. The Balaban J connectivity index is 0.000000922. The Labute approximate surface area is 141 Å². The molecule has 5 N–H and O–H groups in total. The van der Waals surface area contributed by atoms with E-state index in [4.69, 9.17) is 38.7 Å². The molecule has 138 valence electrons. The molecule has 0 amide bonds. The highest BCUT2D eigenvalue weighted by molar-refractivity contribution is 7.79. The summed E-state index contributed by atoms with van der Waals surface area (Å²) >= 11 is 0. The molecule has 0 spiro atoms. The fourth-order valence-electron chi connectivity index (χ4n) is 1.80. The smallest absolute Gasteiger partial charge is 0.0865 e. The summed E-state index contributed by atoms with van der Waals surface area (Å²) in [5, 5.41) is 30.3. The average Bonchev–Trinajstić information content (AvgIpc) is 2.53. The zero-order chi connectivity index (χ0) is 18.8. The number of nitrogens with zero attached hydrogens (tertiary/aromatic N) is 1. The van der Waals surface area contributed by atoms with Gasteiger partial charge in [0.2, 0.25) is 0 Å². The van der Waals surface area contributed by atoms with Crippen LogP contribution < -0.4 is 5.73 Å². The van der Waals surface area contributed by atoms with Crippen LogP contribution in [0, 0.1) is 0 Å². The van der Waals surface area contributed by atoms with Gasteiger partial charge in [0.05, 0.1) is 24.5 Å². The quantitative estimate of drug-likeness (QED) is 0.165. The predicted molar refractivity (Wildman–Crippen MR) is 84.9 cm³/mol. The van der Waals surface area contributed by atoms with Crippen LogP contribution in [-0.4, -0.2) is 57.4 Å². The second-order valence-corrected chi connectivity index (χ2v) is 6.00. The molecule has 0 saturated carbocycles. The Morgan fingerprint density at radius 2 is 1.67 bits per heavy atom. The molecule has 24 heavy (non-hydrogen) atoms. The number of nitrogens with two attached hydrogens (primary N) is 1. The second kappa shape index (κ2) is 10.3. The van der Waals surface area contributed by atoms with Gasteiger partial charge in [0.1, 0.15) is 0 Å². The largest absolute Gasteiger partial charge is 0.759 e. The van der Waals surface area contributed by atoms with Crippen LogP contribution in [0.25, 0.3) is 0 Å². The topological polar surface area (TPSA) is 179 Å². The summed E-state index contributed by atoms with van der Waals surface area (Å²) in [5.41, 5.74) is 7.48. The van der Waals surface area contributed by atoms with Gasteiger partial charge >= 0.3 is 0 Å². The number of aliphatic hydroxyl groups excluding tert-OH is 2. The fraction of sp³-hybridized carbons (Fsp3) is 0.500. The van der Waals surface area contributed by atoms with Crippen LogP contribution in [0.2, 0.25) is 0 Å². The third-order valence-electron chi connectivity index (χ3n) is 3.28. The molecule has 0 fully saturated rings. The highest BCUT2D eigenvalue weighted by atomic mass is 32.3. The van der Waals surface area contributed by atoms with E-state index in [1.165, 1.54) is 0 Å². The minimum Gasteiger partial charge on any atom is -0.759 e. The van der Waals surface area contributed by atoms with Crippen LogP contribution in [0.1, 0.15) is 30.9 Å². The van der Waals surface area contributed by atoms with Gasteiger partial charge in [0.15, 0.2) is 0 Å². The molecular weight excluding hydrogens is 340 g/mol. The molecule has 0 saturated heterocycles. The minimum absolute atomic E-state index is 0.237. The molecule has 0 aliphatic heterocycles. The standard InChI is InChI=1S/C14H22N2O3.H2O4S/c1-2-13(16-19)12-5-3-11(4-6-12)7-8-14(15,9-17)10-18;1-5(2,3)4/h3-6,17-19H,2,7-10,15H2,1H3;(H2,1,2,3,4)/p-2/b16-13-;. The molecule has 0 bridgehead atoms. The molecule has 9 nitrogen and oxygen atoms in total. The molecule has 1 rings (SSSR count). The van der Waals surface area contributed by atoms with Crippen molar-refractivity contribution in [1.29, 1.82) is 0 Å². The van der Waals surface area contributed by atoms with E-state index < -0.39 is 15.9 Å². The van der Waals surface area contributed by atoms with Crippen LogP contribution >= 0.6 is 0 Å². The zero-order valence-electron chi connectivity index (χ0n) is 13.3. The first-order chi connectivity index (χ1) is 11.1. The maximum Gasteiger partial charge on any atom is 0.0865 e. The molecule has 0 aliphatic rings. The van der Waals surface area contributed by atoms with Gasteiger partial charge in [-0.15, -0.1) is 0 Å². The molecule has 0 unspecified atom stereocenters. The van der Waals surface area contributed by atoms with Gasteiger partial charge in [-0.1, -0.05) is 36.3 Å². The van der Waals surface area contributed by atoms with Gasteiger partial charge < -0.3 is 30.3 Å². The summed E-state index contributed by atoms with van der Waals surface area (Å²) in [6.45, 7) is 1.45. The Morgan fingerprint density at radius 3 is 2.00 bits per heavy atom. The number of rotatable bonds is 7. The summed E-state index contributed by atoms with van der Waals surface area (Å²) in [6, 6.07) is 7.66. The van der Waals surface area contributed by atoms with Crippen LogP contribution in [-0.2, 0) is 16.8 Å². The Morgan fingerprint density at radius 1 is 1.21 bits per heavy atom. The maximum atomic E-state index is 9.12. The molecular formula is C14H22N2O7S-2. The first-order valence-corrected chi connectivity index (χ1v) is 8.39. The van der Waals surface area contributed by atoms with Crippen LogP contribution in [0.15, 0.2) is 29.4 Å². The third kappa shape index (κ3) is 9.55. The van der Waals surface area contributed by atoms with E-state index in [1.54, 1.807) is 0 Å². The van der Waals surface area contributed by atoms with E-state index in [0.717, 1.165) is 11.1 Å². The van der Waals surface area contributed by atoms with Crippen molar-refractivity contribution < 1.29 is 32.9 Å². The normalized spacial score (nSPS) is 12.5. The van der Waals surface area contributed by atoms with Crippen molar-refractivity contribution in [2.24, 2.45) is 10.9 Å². The van der Waals surface area contributed by atoms with Crippen LogP contribution in [0.5, 0.6) is 0 Å². The summed E-state index contributed by atoms with van der Waals surface area (Å²) in [7, 11) is -5.17. The van der Waals surface area contributed by atoms with Crippen LogP contribution in [0.3, 0.4) is 0 Å². The van der Waals surface area contributed by atoms with Gasteiger partial charge in [0.25, 0.3) is 0 Å². The molecule has 0 radical (unpaired) electrons. The number of benzene rings is 1. The molecule has 0 aromatic heterocycles. The Hall–Kier alpha value is -1.56. The van der Waals surface area contributed by atoms with E-state index >= 15 is 0 Å². The SMILES string of the molecule is CC/C(=N/O)c1ccc(CCC(N)(CO)CO)cc1.O=S(=O)([O-])[O-]. The highest BCUT2D eigenvalue weighted by Gasteiger charge is 2.22. The van der Waals surface area contributed by atoms with Gasteiger partial charge in [-0.2, -0.15) is 0 Å². The number of aryl methyl sites for hydroxylation is 1. The summed E-state index contributed by atoms with van der Waals surface area (Å²) in [6.07, 6.45) is 1.85. The zero-order valence-corrected chi connectivity index (χ0v) is 14.1. The second-order valence-electron chi connectivity index (χ2n) is 5.18. The van der Waals surface area contributed by atoms with E-state index in [9.17, 15) is 0 Å². The minimum atomic E-state index is -5.17. The summed E-state index contributed by atoms with van der Waals surface area (Å²) < 4.78 is 34.1. The Kier molecular flexibility index (Phi) is 9.66. The number of aliphatic hydroxyl groups is 2. The van der Waals surface area contributed by atoms with E-state index in [1.807, 2.05) is 31.2 Å². The predicted octanol–water partition coefficient (Wildman–Crippen LogP) is -0.448. The summed E-state index contributed by atoms with van der Waals surface area (Å²) in [5.74, 6) is 0. The lowest BCUT2D eigenvalue weighted by Gasteiger charge is -2.24. The average molecular weight is 362 g/mol. The van der Waals surface area contributed by atoms with Crippen molar-refractivity contribution in [3.05, 3.63) is 35.4 Å². The molecule has 0 heterocycles. The maximum absolute atomic E-state index is 9.12. The van der Waals surface area contributed by atoms with Crippen molar-refractivity contribution in [3.63, 3.8) is 0 Å².